The summed E-state index contributed by atoms with van der Waals surface area (Å²) in [5.41, 5.74) is 2.69. The highest BCUT2D eigenvalue weighted by Gasteiger charge is 2.27. The van der Waals surface area contributed by atoms with Crippen LogP contribution in [-0.2, 0) is 26.0 Å². The molecule has 192 valence electrons. The summed E-state index contributed by atoms with van der Waals surface area (Å²) in [5.74, 6) is -2.50. The van der Waals surface area contributed by atoms with Gasteiger partial charge in [0.1, 0.15) is 23.8 Å². The van der Waals surface area contributed by atoms with Crippen molar-refractivity contribution < 1.29 is 32.6 Å². The van der Waals surface area contributed by atoms with Crippen molar-refractivity contribution in [3.63, 3.8) is 0 Å². The van der Waals surface area contributed by atoms with Gasteiger partial charge in [-0.25, -0.2) is 17.8 Å². The van der Waals surface area contributed by atoms with E-state index in [0.717, 1.165) is 16.1 Å². The van der Waals surface area contributed by atoms with Gasteiger partial charge in [-0.2, -0.15) is 0 Å². The monoisotopic (exact) mass is 508 g/mol. The molecular weight excluding hydrogens is 475 g/mol. The topological polar surface area (TPSA) is 125 Å². The number of halogens is 1. The van der Waals surface area contributed by atoms with Gasteiger partial charge in [0.05, 0.1) is 12.4 Å². The molecule has 0 fully saturated rings. The molecule has 1 aromatic carbocycles. The summed E-state index contributed by atoms with van der Waals surface area (Å²) in [5, 5.41) is 19.6. The Morgan fingerprint density at radius 1 is 1.17 bits per heavy atom. The zero-order valence-corrected chi connectivity index (χ0v) is 21.5. The number of hydrogen-bond acceptors (Lipinski definition) is 6. The van der Waals surface area contributed by atoms with Crippen LogP contribution in [0.25, 0.3) is 11.1 Å². The maximum absolute atomic E-state index is 13.6. The molecule has 0 amide bonds. The average molecular weight is 509 g/mol. The number of anilines is 1. The molecule has 0 spiro atoms. The molecule has 0 aliphatic rings. The summed E-state index contributed by atoms with van der Waals surface area (Å²) >= 11 is 0. The van der Waals surface area contributed by atoms with Crippen molar-refractivity contribution >= 4 is 27.6 Å². The Labute approximate surface area is 205 Å². The molecule has 1 unspecified atom stereocenters. The number of sulfonamides is 1. The van der Waals surface area contributed by atoms with E-state index in [1.165, 1.54) is 19.2 Å². The number of aliphatic hydroxyl groups excluding tert-OH is 1. The molecule has 0 saturated heterocycles. The Morgan fingerprint density at radius 3 is 2.26 bits per heavy atom. The van der Waals surface area contributed by atoms with E-state index in [1.54, 1.807) is 18.2 Å². The zero-order chi connectivity index (χ0) is 26.5. The third-order valence-corrected chi connectivity index (χ3v) is 7.17. The number of benzene rings is 1. The number of Topliss-reactive ketones (excluding diaryl/α,β-unsaturated/α-hetero) is 1. The fourth-order valence-corrected chi connectivity index (χ4v) is 4.38. The second-order valence-corrected chi connectivity index (χ2v) is 11.1. The quantitative estimate of drug-likeness (QED) is 0.418. The van der Waals surface area contributed by atoms with Crippen LogP contribution in [0.1, 0.15) is 57.2 Å². The van der Waals surface area contributed by atoms with Crippen molar-refractivity contribution in [2.24, 2.45) is 5.92 Å². The SMILES string of the molecule is CCC(Cc1c(-c2ccc(F)cc2)cc(N(C)S(C)(=O)=O)nc1C(C)C)[C@@H](O)CC(=O)CC(=O)O. The minimum Gasteiger partial charge on any atom is -0.481 e. The van der Waals surface area contributed by atoms with Crippen molar-refractivity contribution in [1.29, 1.82) is 0 Å². The number of carbonyl (C=O) groups is 2. The van der Waals surface area contributed by atoms with Crippen molar-refractivity contribution in [1.82, 2.24) is 4.98 Å². The Balaban J connectivity index is 2.63. The van der Waals surface area contributed by atoms with Gasteiger partial charge in [0.25, 0.3) is 0 Å². The minimum atomic E-state index is -3.60. The number of pyridine rings is 1. The van der Waals surface area contributed by atoms with Gasteiger partial charge < -0.3 is 10.2 Å². The number of carbonyl (C=O) groups excluding carboxylic acids is 1. The van der Waals surface area contributed by atoms with Crippen molar-refractivity contribution in [3.05, 3.63) is 47.4 Å². The fraction of sp³-hybridized carbons (Fsp3) is 0.480. The van der Waals surface area contributed by atoms with E-state index in [4.69, 9.17) is 5.11 Å². The number of nitrogens with zero attached hydrogens (tertiary/aromatic N) is 2. The lowest BCUT2D eigenvalue weighted by atomic mass is 9.83. The van der Waals surface area contributed by atoms with Gasteiger partial charge in [-0.3, -0.25) is 13.9 Å². The molecule has 1 heterocycles. The van der Waals surface area contributed by atoms with Crippen LogP contribution in [0.4, 0.5) is 10.2 Å². The van der Waals surface area contributed by atoms with Gasteiger partial charge in [-0.15, -0.1) is 0 Å². The van der Waals surface area contributed by atoms with Gasteiger partial charge in [0.2, 0.25) is 10.0 Å². The van der Waals surface area contributed by atoms with Crippen molar-refractivity contribution in [2.45, 2.75) is 58.5 Å². The van der Waals surface area contributed by atoms with Crippen LogP contribution in [0, 0.1) is 11.7 Å². The predicted molar refractivity (Wildman–Crippen MR) is 132 cm³/mol. The number of carboxylic acids is 1. The first kappa shape index (κ1) is 28.4. The van der Waals surface area contributed by atoms with Crippen LogP contribution < -0.4 is 4.31 Å². The second-order valence-electron chi connectivity index (χ2n) is 9.04. The lowest BCUT2D eigenvalue weighted by Gasteiger charge is -2.27. The Hall–Kier alpha value is -2.85. The highest BCUT2D eigenvalue weighted by Crippen LogP contribution is 2.36. The first-order chi connectivity index (χ1) is 16.2. The highest BCUT2D eigenvalue weighted by molar-refractivity contribution is 7.92. The van der Waals surface area contributed by atoms with Crippen LogP contribution in [0.5, 0.6) is 0 Å². The maximum atomic E-state index is 13.6. The largest absolute Gasteiger partial charge is 0.481 e. The molecule has 0 aliphatic carbocycles. The zero-order valence-electron chi connectivity index (χ0n) is 20.7. The molecule has 10 heteroatoms. The average Bonchev–Trinajstić information content (AvgIpc) is 2.75. The van der Waals surface area contributed by atoms with E-state index in [-0.39, 0.29) is 24.1 Å². The standard InChI is InChI=1S/C25H33FN2O6S/c1-6-16(22(30)12-19(29)13-24(31)32)11-21-20(17-7-9-18(26)10-8-17)14-23(27-25(21)15(2)3)28(4)35(5,33)34/h7-10,14-16,22,30H,6,11-13H2,1-5H3,(H,31,32)/t16?,22-/m0/s1. The van der Waals surface area contributed by atoms with E-state index in [1.807, 2.05) is 20.8 Å². The number of rotatable bonds is 12. The van der Waals surface area contributed by atoms with Crippen LogP contribution in [-0.4, -0.2) is 54.8 Å². The van der Waals surface area contributed by atoms with Crippen LogP contribution in [0.2, 0.25) is 0 Å². The highest BCUT2D eigenvalue weighted by atomic mass is 32.2. The molecule has 1 aromatic heterocycles. The predicted octanol–water partition coefficient (Wildman–Crippen LogP) is 3.77. The summed E-state index contributed by atoms with van der Waals surface area (Å²) in [6, 6.07) is 7.44. The summed E-state index contributed by atoms with van der Waals surface area (Å²) in [6.45, 7) is 5.69. The fourth-order valence-electron chi connectivity index (χ4n) is 3.94. The molecular formula is C25H33FN2O6S. The van der Waals surface area contributed by atoms with Gasteiger partial charge >= 0.3 is 5.97 Å². The Bertz CT molecular complexity index is 1170. The van der Waals surface area contributed by atoms with Gasteiger partial charge in [-0.1, -0.05) is 39.3 Å². The summed E-state index contributed by atoms with van der Waals surface area (Å²) in [7, 11) is -2.19. The molecule has 0 radical (unpaired) electrons. The molecule has 2 rings (SSSR count). The van der Waals surface area contributed by atoms with E-state index in [9.17, 15) is 27.5 Å². The smallest absolute Gasteiger partial charge is 0.310 e. The Morgan fingerprint density at radius 2 is 1.77 bits per heavy atom. The third-order valence-electron chi connectivity index (χ3n) is 5.98. The van der Waals surface area contributed by atoms with E-state index >= 15 is 0 Å². The maximum Gasteiger partial charge on any atom is 0.310 e. The van der Waals surface area contributed by atoms with Crippen LogP contribution in [0.3, 0.4) is 0 Å². The first-order valence-corrected chi connectivity index (χ1v) is 13.2. The molecule has 8 nitrogen and oxygen atoms in total. The number of carboxylic acid groups (broad SMARTS) is 1. The summed E-state index contributed by atoms with van der Waals surface area (Å²) in [6.07, 6.45) is -0.102. The number of aliphatic hydroxyl groups is 1. The van der Waals surface area contributed by atoms with E-state index in [0.29, 0.717) is 29.7 Å². The summed E-state index contributed by atoms with van der Waals surface area (Å²) < 4.78 is 39.2. The molecule has 2 atom stereocenters. The Kier molecular flexibility index (Phi) is 9.51. The summed E-state index contributed by atoms with van der Waals surface area (Å²) in [4.78, 5) is 27.5. The van der Waals surface area contributed by atoms with E-state index in [2.05, 4.69) is 4.98 Å². The number of hydrogen-bond donors (Lipinski definition) is 2. The first-order valence-electron chi connectivity index (χ1n) is 11.4. The number of ketones is 1. The lowest BCUT2D eigenvalue weighted by Crippen LogP contribution is -2.28. The van der Waals surface area contributed by atoms with Gasteiger partial charge in [0, 0.05) is 19.2 Å². The van der Waals surface area contributed by atoms with Crippen molar-refractivity contribution in [3.8, 4) is 11.1 Å². The third kappa shape index (κ3) is 7.57. The number of aromatic nitrogens is 1. The molecule has 2 aromatic rings. The molecule has 0 saturated carbocycles. The normalized spacial score (nSPS) is 13.5. The van der Waals surface area contributed by atoms with Gasteiger partial charge in [-0.05, 0) is 53.1 Å². The van der Waals surface area contributed by atoms with Crippen LogP contribution in [0.15, 0.2) is 30.3 Å². The molecule has 0 bridgehead atoms. The molecule has 35 heavy (non-hydrogen) atoms. The molecule has 2 N–H and O–H groups in total. The van der Waals surface area contributed by atoms with Crippen molar-refractivity contribution in [2.75, 3.05) is 17.6 Å². The minimum absolute atomic E-state index is 0.111. The molecule has 0 aliphatic heterocycles. The number of aliphatic carboxylic acids is 1. The van der Waals surface area contributed by atoms with E-state index < -0.39 is 40.1 Å². The lowest BCUT2D eigenvalue weighted by molar-refractivity contribution is -0.140. The second kappa shape index (κ2) is 11.7. The van der Waals surface area contributed by atoms with Gasteiger partial charge in [0.15, 0.2) is 0 Å². The van der Waals surface area contributed by atoms with Crippen LogP contribution >= 0.6 is 0 Å².